The monoisotopic (exact) mass is 222 g/mol. The van der Waals surface area contributed by atoms with Crippen LogP contribution in [0, 0.1) is 13.8 Å². The molecule has 0 fully saturated rings. The molecule has 0 aliphatic rings. The minimum Gasteiger partial charge on any atom is -0.330 e. The highest BCUT2D eigenvalue weighted by Crippen LogP contribution is 1.99. The second-order valence-electron chi connectivity index (χ2n) is 4.15. The molecule has 0 saturated carbocycles. The van der Waals surface area contributed by atoms with Crippen molar-refractivity contribution in [3.8, 4) is 0 Å². The summed E-state index contributed by atoms with van der Waals surface area (Å²) in [6.07, 6.45) is 4.79. The predicted octanol–water partition coefficient (Wildman–Crippen LogP) is 2.77. The SMILES string of the molecule is Cc1ccc(C)cc1.NCCCCCCN. The largest absolute Gasteiger partial charge is 0.330 e. The van der Waals surface area contributed by atoms with E-state index in [9.17, 15) is 0 Å². The van der Waals surface area contributed by atoms with Crippen LogP contribution < -0.4 is 11.5 Å². The Balaban J connectivity index is 0.000000281. The van der Waals surface area contributed by atoms with E-state index in [0.29, 0.717) is 0 Å². The van der Waals surface area contributed by atoms with Crippen LogP contribution in [0.25, 0.3) is 0 Å². The van der Waals surface area contributed by atoms with Crippen molar-refractivity contribution in [1.82, 2.24) is 0 Å². The standard InChI is InChI=1S/C8H10.C6H16N2/c1-7-3-5-8(2)6-4-7;7-5-3-1-2-4-6-8/h3-6H,1-2H3;1-8H2. The first-order valence-corrected chi connectivity index (χ1v) is 6.14. The molecule has 0 spiro atoms. The van der Waals surface area contributed by atoms with E-state index < -0.39 is 0 Å². The van der Waals surface area contributed by atoms with E-state index in [1.807, 2.05) is 0 Å². The van der Waals surface area contributed by atoms with Gasteiger partial charge in [0, 0.05) is 0 Å². The molecule has 0 aliphatic carbocycles. The van der Waals surface area contributed by atoms with Gasteiger partial charge in [-0.05, 0) is 39.8 Å². The highest BCUT2D eigenvalue weighted by atomic mass is 14.5. The molecule has 0 bridgehead atoms. The lowest BCUT2D eigenvalue weighted by Crippen LogP contribution is -2.00. The lowest BCUT2D eigenvalue weighted by Gasteiger charge is -1.94. The molecule has 4 N–H and O–H groups in total. The lowest BCUT2D eigenvalue weighted by molar-refractivity contribution is 0.653. The normalized spacial score (nSPS) is 9.50. The average Bonchev–Trinajstić information content (AvgIpc) is 2.30. The Bertz CT molecular complexity index is 214. The number of nitrogens with two attached hydrogens (primary N) is 2. The van der Waals surface area contributed by atoms with Crippen LogP contribution in [0.4, 0.5) is 0 Å². The summed E-state index contributed by atoms with van der Waals surface area (Å²) in [5, 5.41) is 0. The molecule has 2 nitrogen and oxygen atoms in total. The smallest absolute Gasteiger partial charge is 0.00773 e. The van der Waals surface area contributed by atoms with E-state index in [1.165, 1.54) is 24.0 Å². The second kappa shape index (κ2) is 10.7. The summed E-state index contributed by atoms with van der Waals surface area (Å²) in [6, 6.07) is 8.48. The van der Waals surface area contributed by atoms with Crippen molar-refractivity contribution >= 4 is 0 Å². The van der Waals surface area contributed by atoms with Crippen LogP contribution in [0.3, 0.4) is 0 Å². The third kappa shape index (κ3) is 9.69. The maximum Gasteiger partial charge on any atom is -0.00773 e. The first-order valence-electron chi connectivity index (χ1n) is 6.14. The fourth-order valence-corrected chi connectivity index (χ4v) is 1.28. The van der Waals surface area contributed by atoms with Crippen molar-refractivity contribution in [1.29, 1.82) is 0 Å². The molecule has 2 heteroatoms. The van der Waals surface area contributed by atoms with E-state index >= 15 is 0 Å². The van der Waals surface area contributed by atoms with Crippen LogP contribution in [-0.4, -0.2) is 13.1 Å². The van der Waals surface area contributed by atoms with Crippen LogP contribution in [0.2, 0.25) is 0 Å². The number of rotatable bonds is 5. The highest BCUT2D eigenvalue weighted by molar-refractivity contribution is 5.19. The third-order valence-electron chi connectivity index (χ3n) is 2.38. The number of aryl methyl sites for hydroxylation is 2. The Morgan fingerprint density at radius 1 is 0.688 bits per heavy atom. The molecular weight excluding hydrogens is 196 g/mol. The van der Waals surface area contributed by atoms with Gasteiger partial charge in [-0.1, -0.05) is 48.2 Å². The van der Waals surface area contributed by atoms with E-state index in [0.717, 1.165) is 25.9 Å². The van der Waals surface area contributed by atoms with Crippen molar-refractivity contribution < 1.29 is 0 Å². The van der Waals surface area contributed by atoms with Crippen LogP contribution in [0.15, 0.2) is 24.3 Å². The van der Waals surface area contributed by atoms with Gasteiger partial charge in [0.15, 0.2) is 0 Å². The minimum atomic E-state index is 0.824. The Morgan fingerprint density at radius 3 is 1.25 bits per heavy atom. The topological polar surface area (TPSA) is 52.0 Å². The van der Waals surface area contributed by atoms with Gasteiger partial charge in [-0.15, -0.1) is 0 Å². The van der Waals surface area contributed by atoms with Gasteiger partial charge in [0.1, 0.15) is 0 Å². The van der Waals surface area contributed by atoms with Crippen LogP contribution >= 0.6 is 0 Å². The molecule has 0 aliphatic heterocycles. The average molecular weight is 222 g/mol. The molecule has 16 heavy (non-hydrogen) atoms. The van der Waals surface area contributed by atoms with E-state index in [2.05, 4.69) is 38.1 Å². The van der Waals surface area contributed by atoms with E-state index in [-0.39, 0.29) is 0 Å². The maximum absolute atomic E-state index is 5.28. The maximum atomic E-state index is 5.28. The lowest BCUT2D eigenvalue weighted by atomic mass is 10.2. The molecule has 0 heterocycles. The number of hydrogen-bond donors (Lipinski definition) is 2. The Hall–Kier alpha value is -0.860. The first kappa shape index (κ1) is 15.1. The Kier molecular flexibility index (Phi) is 10.1. The number of benzene rings is 1. The van der Waals surface area contributed by atoms with Gasteiger partial charge in [-0.25, -0.2) is 0 Å². The molecule has 0 atom stereocenters. The van der Waals surface area contributed by atoms with Crippen molar-refractivity contribution in [3.05, 3.63) is 35.4 Å². The molecule has 1 aromatic carbocycles. The third-order valence-corrected chi connectivity index (χ3v) is 2.38. The molecular formula is C14H26N2. The summed E-state index contributed by atoms with van der Waals surface area (Å²) >= 11 is 0. The Labute approximate surface area is 100 Å². The van der Waals surface area contributed by atoms with Gasteiger partial charge >= 0.3 is 0 Å². The molecule has 0 unspecified atom stereocenters. The fourth-order valence-electron chi connectivity index (χ4n) is 1.28. The molecule has 92 valence electrons. The zero-order chi connectivity index (χ0) is 12.2. The van der Waals surface area contributed by atoms with Crippen LogP contribution in [-0.2, 0) is 0 Å². The number of unbranched alkanes of at least 4 members (excludes halogenated alkanes) is 3. The van der Waals surface area contributed by atoms with E-state index in [1.54, 1.807) is 0 Å². The summed E-state index contributed by atoms with van der Waals surface area (Å²) in [7, 11) is 0. The van der Waals surface area contributed by atoms with Gasteiger partial charge in [0.2, 0.25) is 0 Å². The van der Waals surface area contributed by atoms with Crippen molar-refractivity contribution in [2.24, 2.45) is 11.5 Å². The van der Waals surface area contributed by atoms with Crippen molar-refractivity contribution in [3.63, 3.8) is 0 Å². The summed E-state index contributed by atoms with van der Waals surface area (Å²) in [5.74, 6) is 0. The molecule has 0 saturated heterocycles. The van der Waals surface area contributed by atoms with Crippen molar-refractivity contribution in [2.75, 3.05) is 13.1 Å². The molecule has 0 aromatic heterocycles. The quantitative estimate of drug-likeness (QED) is 0.753. The van der Waals surface area contributed by atoms with Gasteiger partial charge in [-0.3, -0.25) is 0 Å². The summed E-state index contributed by atoms with van der Waals surface area (Å²) in [4.78, 5) is 0. The summed E-state index contributed by atoms with van der Waals surface area (Å²) < 4.78 is 0. The molecule has 0 amide bonds. The zero-order valence-corrected chi connectivity index (χ0v) is 10.7. The fraction of sp³-hybridized carbons (Fsp3) is 0.571. The summed E-state index contributed by atoms with van der Waals surface area (Å²) in [6.45, 7) is 5.84. The Morgan fingerprint density at radius 2 is 1.00 bits per heavy atom. The van der Waals surface area contributed by atoms with E-state index in [4.69, 9.17) is 11.5 Å². The minimum absolute atomic E-state index is 0.824. The van der Waals surface area contributed by atoms with Crippen LogP contribution in [0.1, 0.15) is 36.8 Å². The molecule has 1 aromatic rings. The second-order valence-corrected chi connectivity index (χ2v) is 4.15. The predicted molar refractivity (Wildman–Crippen MR) is 72.5 cm³/mol. The number of hydrogen-bond acceptors (Lipinski definition) is 2. The highest BCUT2D eigenvalue weighted by Gasteiger charge is 1.83. The van der Waals surface area contributed by atoms with Crippen molar-refractivity contribution in [2.45, 2.75) is 39.5 Å². The molecule has 0 radical (unpaired) electrons. The summed E-state index contributed by atoms with van der Waals surface area (Å²) in [5.41, 5.74) is 13.2. The van der Waals surface area contributed by atoms with Gasteiger partial charge in [-0.2, -0.15) is 0 Å². The first-order chi connectivity index (χ1) is 7.70. The van der Waals surface area contributed by atoms with Crippen LogP contribution in [0.5, 0.6) is 0 Å². The van der Waals surface area contributed by atoms with Gasteiger partial charge in [0.25, 0.3) is 0 Å². The molecule has 1 rings (SSSR count). The zero-order valence-electron chi connectivity index (χ0n) is 10.7. The van der Waals surface area contributed by atoms with Gasteiger partial charge in [0.05, 0.1) is 0 Å². The van der Waals surface area contributed by atoms with Gasteiger partial charge < -0.3 is 11.5 Å².